The molecular weight excluding hydrogens is 337 g/mol. The van der Waals surface area contributed by atoms with Crippen LogP contribution in [0.15, 0.2) is 48.5 Å². The van der Waals surface area contributed by atoms with Crippen molar-refractivity contribution in [2.45, 2.75) is 13.0 Å². The van der Waals surface area contributed by atoms with E-state index in [9.17, 15) is 0 Å². The van der Waals surface area contributed by atoms with E-state index in [0.29, 0.717) is 0 Å². The zero-order valence-electron chi connectivity index (χ0n) is 10.5. The first-order chi connectivity index (χ1) is 8.69. The number of hydrogen-bond donors (Lipinski definition) is 1. The molecule has 18 heavy (non-hydrogen) atoms. The highest BCUT2D eigenvalue weighted by atomic mass is 127. The minimum atomic E-state index is 0.250. The summed E-state index contributed by atoms with van der Waals surface area (Å²) in [4.78, 5) is 0. The van der Waals surface area contributed by atoms with Crippen molar-refractivity contribution in [1.82, 2.24) is 0 Å². The van der Waals surface area contributed by atoms with Gasteiger partial charge >= 0.3 is 0 Å². The molecule has 0 aliphatic heterocycles. The summed E-state index contributed by atoms with van der Waals surface area (Å²) in [7, 11) is 1.69. The minimum Gasteiger partial charge on any atom is -0.497 e. The number of hydrogen-bond acceptors (Lipinski definition) is 2. The van der Waals surface area contributed by atoms with Crippen LogP contribution in [0.1, 0.15) is 18.5 Å². The Morgan fingerprint density at radius 3 is 2.50 bits per heavy atom. The van der Waals surface area contributed by atoms with Gasteiger partial charge in [-0.05, 0) is 71.5 Å². The average molecular weight is 353 g/mol. The molecule has 0 saturated carbocycles. The maximum absolute atomic E-state index is 5.24. The molecule has 0 bridgehead atoms. The zero-order chi connectivity index (χ0) is 13.0. The van der Waals surface area contributed by atoms with Crippen LogP contribution in [0.2, 0.25) is 0 Å². The predicted molar refractivity (Wildman–Crippen MR) is 84.2 cm³/mol. The first-order valence-electron chi connectivity index (χ1n) is 5.85. The van der Waals surface area contributed by atoms with Crippen LogP contribution in [0.5, 0.6) is 5.75 Å². The Labute approximate surface area is 122 Å². The largest absolute Gasteiger partial charge is 0.497 e. The van der Waals surface area contributed by atoms with Gasteiger partial charge in [-0.2, -0.15) is 0 Å². The second kappa shape index (κ2) is 6.09. The van der Waals surface area contributed by atoms with E-state index in [2.05, 4.69) is 71.2 Å². The van der Waals surface area contributed by atoms with E-state index in [0.717, 1.165) is 11.4 Å². The monoisotopic (exact) mass is 353 g/mol. The van der Waals surface area contributed by atoms with Crippen LogP contribution in [0.4, 0.5) is 5.69 Å². The molecule has 0 radical (unpaired) electrons. The smallest absolute Gasteiger partial charge is 0.119 e. The van der Waals surface area contributed by atoms with Crippen molar-refractivity contribution < 1.29 is 4.74 Å². The van der Waals surface area contributed by atoms with E-state index >= 15 is 0 Å². The lowest BCUT2D eigenvalue weighted by Gasteiger charge is -2.16. The molecule has 1 atom stereocenters. The summed E-state index contributed by atoms with van der Waals surface area (Å²) in [5.41, 5.74) is 2.35. The first kappa shape index (κ1) is 13.2. The van der Waals surface area contributed by atoms with E-state index in [4.69, 9.17) is 4.74 Å². The van der Waals surface area contributed by atoms with Crippen molar-refractivity contribution in [3.05, 3.63) is 57.7 Å². The normalized spacial score (nSPS) is 11.9. The Balaban J connectivity index is 2.11. The van der Waals surface area contributed by atoms with Gasteiger partial charge < -0.3 is 10.1 Å². The Morgan fingerprint density at radius 2 is 1.83 bits per heavy atom. The van der Waals surface area contributed by atoms with Crippen molar-refractivity contribution in [1.29, 1.82) is 0 Å². The maximum Gasteiger partial charge on any atom is 0.119 e. The van der Waals surface area contributed by atoms with Crippen LogP contribution < -0.4 is 10.1 Å². The molecule has 2 aromatic carbocycles. The van der Waals surface area contributed by atoms with Gasteiger partial charge in [0.15, 0.2) is 0 Å². The number of ether oxygens (including phenoxy) is 1. The Hall–Kier alpha value is -1.23. The molecule has 94 valence electrons. The third kappa shape index (κ3) is 3.38. The van der Waals surface area contributed by atoms with Crippen LogP contribution in [0.3, 0.4) is 0 Å². The van der Waals surface area contributed by atoms with Gasteiger partial charge in [-0.25, -0.2) is 0 Å². The molecule has 2 rings (SSSR count). The fraction of sp³-hybridized carbons (Fsp3) is 0.200. The number of rotatable bonds is 4. The topological polar surface area (TPSA) is 21.3 Å². The van der Waals surface area contributed by atoms with Crippen LogP contribution in [0, 0.1) is 3.57 Å². The van der Waals surface area contributed by atoms with Gasteiger partial charge in [-0.1, -0.05) is 12.1 Å². The van der Waals surface area contributed by atoms with Gasteiger partial charge in [0.2, 0.25) is 0 Å². The summed E-state index contributed by atoms with van der Waals surface area (Å²) in [6.45, 7) is 2.15. The third-order valence-corrected chi connectivity index (χ3v) is 3.54. The average Bonchev–Trinajstić information content (AvgIpc) is 2.41. The highest BCUT2D eigenvalue weighted by molar-refractivity contribution is 14.1. The van der Waals surface area contributed by atoms with Crippen molar-refractivity contribution in [2.24, 2.45) is 0 Å². The number of halogens is 1. The van der Waals surface area contributed by atoms with Gasteiger partial charge in [0, 0.05) is 15.3 Å². The van der Waals surface area contributed by atoms with Crippen LogP contribution >= 0.6 is 22.6 Å². The quantitative estimate of drug-likeness (QED) is 0.819. The SMILES string of the molecule is COc1cccc(C(C)Nc2ccc(I)cc2)c1. The molecule has 1 unspecified atom stereocenters. The molecule has 2 aromatic rings. The minimum absolute atomic E-state index is 0.250. The van der Waals surface area contributed by atoms with Crippen LogP contribution in [0.25, 0.3) is 0 Å². The summed E-state index contributed by atoms with van der Waals surface area (Å²) in [6, 6.07) is 16.8. The third-order valence-electron chi connectivity index (χ3n) is 2.82. The second-order valence-electron chi connectivity index (χ2n) is 4.15. The number of anilines is 1. The molecule has 0 amide bonds. The molecule has 3 heteroatoms. The molecule has 0 spiro atoms. The summed E-state index contributed by atoms with van der Waals surface area (Å²) < 4.78 is 6.48. The standard InChI is InChI=1S/C15H16INO/c1-11(12-4-3-5-15(10-12)18-2)17-14-8-6-13(16)7-9-14/h3-11,17H,1-2H3. The lowest BCUT2D eigenvalue weighted by Crippen LogP contribution is -2.06. The molecule has 0 fully saturated rings. The first-order valence-corrected chi connectivity index (χ1v) is 6.93. The molecule has 2 nitrogen and oxygen atoms in total. The highest BCUT2D eigenvalue weighted by Gasteiger charge is 2.06. The molecular formula is C15H16INO. The van der Waals surface area contributed by atoms with Crippen molar-refractivity contribution in [3.8, 4) is 5.75 Å². The van der Waals surface area contributed by atoms with E-state index in [-0.39, 0.29) is 6.04 Å². The molecule has 0 heterocycles. The summed E-state index contributed by atoms with van der Waals surface area (Å²) in [5, 5.41) is 3.48. The van der Waals surface area contributed by atoms with E-state index < -0.39 is 0 Å². The van der Waals surface area contributed by atoms with Crippen LogP contribution in [-0.2, 0) is 0 Å². The highest BCUT2D eigenvalue weighted by Crippen LogP contribution is 2.23. The zero-order valence-corrected chi connectivity index (χ0v) is 12.6. The maximum atomic E-state index is 5.24. The fourth-order valence-corrected chi connectivity index (χ4v) is 2.15. The molecule has 0 aliphatic rings. The van der Waals surface area contributed by atoms with Crippen LogP contribution in [-0.4, -0.2) is 7.11 Å². The van der Waals surface area contributed by atoms with E-state index in [1.165, 1.54) is 9.13 Å². The van der Waals surface area contributed by atoms with E-state index in [1.807, 2.05) is 12.1 Å². The number of methoxy groups -OCH3 is 1. The Morgan fingerprint density at radius 1 is 1.11 bits per heavy atom. The summed E-state index contributed by atoms with van der Waals surface area (Å²) >= 11 is 2.31. The Bertz CT molecular complexity index is 510. The van der Waals surface area contributed by atoms with Gasteiger partial charge in [-0.15, -0.1) is 0 Å². The predicted octanol–water partition coefficient (Wildman–Crippen LogP) is 4.47. The number of benzene rings is 2. The second-order valence-corrected chi connectivity index (χ2v) is 5.40. The fourth-order valence-electron chi connectivity index (χ4n) is 1.79. The molecule has 0 aliphatic carbocycles. The van der Waals surface area contributed by atoms with Gasteiger partial charge in [0.05, 0.1) is 7.11 Å². The lowest BCUT2D eigenvalue weighted by atomic mass is 10.1. The van der Waals surface area contributed by atoms with Crippen molar-refractivity contribution in [3.63, 3.8) is 0 Å². The van der Waals surface area contributed by atoms with Gasteiger partial charge in [0.25, 0.3) is 0 Å². The molecule has 0 aromatic heterocycles. The number of nitrogens with one attached hydrogen (secondary N) is 1. The summed E-state index contributed by atoms with van der Waals surface area (Å²) in [6.07, 6.45) is 0. The Kier molecular flexibility index (Phi) is 4.47. The van der Waals surface area contributed by atoms with E-state index in [1.54, 1.807) is 7.11 Å². The van der Waals surface area contributed by atoms with Gasteiger partial charge in [0.1, 0.15) is 5.75 Å². The van der Waals surface area contributed by atoms with Gasteiger partial charge in [-0.3, -0.25) is 0 Å². The molecule has 0 saturated heterocycles. The van der Waals surface area contributed by atoms with Crippen molar-refractivity contribution in [2.75, 3.05) is 12.4 Å². The molecule has 1 N–H and O–H groups in total. The van der Waals surface area contributed by atoms with Crippen molar-refractivity contribution >= 4 is 28.3 Å². The summed E-state index contributed by atoms with van der Waals surface area (Å²) in [5.74, 6) is 0.892. The lowest BCUT2D eigenvalue weighted by molar-refractivity contribution is 0.414.